The fourth-order valence-electron chi connectivity index (χ4n) is 3.45. The topological polar surface area (TPSA) is 35.5 Å². The van der Waals surface area contributed by atoms with Gasteiger partial charge in [0.05, 0.1) is 6.61 Å². The van der Waals surface area contributed by atoms with Crippen molar-refractivity contribution in [1.29, 1.82) is 0 Å². The van der Waals surface area contributed by atoms with Crippen molar-refractivity contribution >= 4 is 0 Å². The van der Waals surface area contributed by atoms with Crippen LogP contribution in [0.5, 0.6) is 0 Å². The first-order chi connectivity index (χ1) is 9.12. The molecule has 3 unspecified atom stereocenters. The van der Waals surface area contributed by atoms with Crippen molar-refractivity contribution in [3.05, 3.63) is 0 Å². The molecule has 0 saturated heterocycles. The normalized spacial score (nSPS) is 28.3. The van der Waals surface area contributed by atoms with Gasteiger partial charge in [0, 0.05) is 25.2 Å². The van der Waals surface area contributed by atoms with E-state index in [1.807, 2.05) is 0 Å². The fraction of sp³-hybridized carbons (Fsp3) is 1.00. The van der Waals surface area contributed by atoms with E-state index < -0.39 is 0 Å². The molecular formula is C16H34N2O. The SMILES string of the molecule is CCNC1CCC(CC)CC1CN(CCO)C(C)C. The van der Waals surface area contributed by atoms with Gasteiger partial charge in [-0.15, -0.1) is 0 Å². The van der Waals surface area contributed by atoms with Crippen molar-refractivity contribution in [2.75, 3.05) is 26.2 Å². The largest absolute Gasteiger partial charge is 0.395 e. The van der Waals surface area contributed by atoms with E-state index in [1.165, 1.54) is 25.7 Å². The highest BCUT2D eigenvalue weighted by Gasteiger charge is 2.30. The molecule has 2 N–H and O–H groups in total. The monoisotopic (exact) mass is 270 g/mol. The maximum absolute atomic E-state index is 9.23. The molecule has 0 spiro atoms. The molecule has 0 heterocycles. The Kier molecular flexibility index (Phi) is 7.96. The molecule has 19 heavy (non-hydrogen) atoms. The Morgan fingerprint density at radius 1 is 1.26 bits per heavy atom. The number of nitrogens with one attached hydrogen (secondary N) is 1. The molecule has 114 valence electrons. The molecule has 3 nitrogen and oxygen atoms in total. The lowest BCUT2D eigenvalue weighted by Crippen LogP contribution is -2.47. The second kappa shape index (κ2) is 8.93. The Hall–Kier alpha value is -0.120. The first-order valence-electron chi connectivity index (χ1n) is 8.20. The summed E-state index contributed by atoms with van der Waals surface area (Å²) in [5, 5.41) is 12.9. The highest BCUT2D eigenvalue weighted by Crippen LogP contribution is 2.32. The zero-order chi connectivity index (χ0) is 14.3. The summed E-state index contributed by atoms with van der Waals surface area (Å²) in [6.07, 6.45) is 5.37. The number of aliphatic hydroxyl groups is 1. The molecule has 0 aromatic rings. The molecular weight excluding hydrogens is 236 g/mol. The molecule has 0 bridgehead atoms. The molecule has 1 fully saturated rings. The Bertz CT molecular complexity index is 233. The van der Waals surface area contributed by atoms with E-state index in [1.54, 1.807) is 0 Å². The van der Waals surface area contributed by atoms with Gasteiger partial charge in [-0.25, -0.2) is 0 Å². The van der Waals surface area contributed by atoms with Gasteiger partial charge in [-0.3, -0.25) is 4.90 Å². The van der Waals surface area contributed by atoms with Crippen LogP contribution >= 0.6 is 0 Å². The summed E-state index contributed by atoms with van der Waals surface area (Å²) in [5.41, 5.74) is 0. The maximum atomic E-state index is 9.23. The van der Waals surface area contributed by atoms with E-state index in [0.29, 0.717) is 12.1 Å². The number of hydrogen-bond acceptors (Lipinski definition) is 3. The van der Waals surface area contributed by atoms with Crippen molar-refractivity contribution < 1.29 is 5.11 Å². The Morgan fingerprint density at radius 3 is 2.53 bits per heavy atom. The zero-order valence-corrected chi connectivity index (χ0v) is 13.4. The third-order valence-electron chi connectivity index (χ3n) is 4.72. The first-order valence-corrected chi connectivity index (χ1v) is 8.20. The van der Waals surface area contributed by atoms with Crippen LogP contribution in [0.3, 0.4) is 0 Å². The molecule has 0 amide bonds. The van der Waals surface area contributed by atoms with Crippen LogP contribution in [0.25, 0.3) is 0 Å². The molecule has 1 aliphatic rings. The van der Waals surface area contributed by atoms with E-state index in [2.05, 4.69) is 37.9 Å². The van der Waals surface area contributed by atoms with E-state index in [9.17, 15) is 5.11 Å². The summed E-state index contributed by atoms with van der Waals surface area (Å²) >= 11 is 0. The molecule has 3 heteroatoms. The first kappa shape index (κ1) is 16.9. The number of nitrogens with zero attached hydrogens (tertiary/aromatic N) is 1. The highest BCUT2D eigenvalue weighted by atomic mass is 16.3. The molecule has 0 aromatic carbocycles. The van der Waals surface area contributed by atoms with Gasteiger partial charge in [-0.1, -0.05) is 20.3 Å². The van der Waals surface area contributed by atoms with Gasteiger partial charge in [-0.05, 0) is 51.5 Å². The predicted octanol–water partition coefficient (Wildman–Crippen LogP) is 2.49. The van der Waals surface area contributed by atoms with Gasteiger partial charge in [0.1, 0.15) is 0 Å². The molecule has 1 saturated carbocycles. The summed E-state index contributed by atoms with van der Waals surface area (Å²) in [4.78, 5) is 2.44. The van der Waals surface area contributed by atoms with Crippen LogP contribution in [0.1, 0.15) is 53.4 Å². The van der Waals surface area contributed by atoms with E-state index in [4.69, 9.17) is 0 Å². The average molecular weight is 270 g/mol. The zero-order valence-electron chi connectivity index (χ0n) is 13.4. The van der Waals surface area contributed by atoms with Gasteiger partial charge in [0.15, 0.2) is 0 Å². The minimum absolute atomic E-state index is 0.272. The molecule has 0 aliphatic heterocycles. The Balaban J connectivity index is 2.61. The standard InChI is InChI=1S/C16H34N2O/c1-5-14-7-8-16(17-6-2)15(11-14)12-18(9-10-19)13(3)4/h13-17,19H,5-12H2,1-4H3. The Morgan fingerprint density at radius 2 is 2.00 bits per heavy atom. The third kappa shape index (κ3) is 5.41. The lowest BCUT2D eigenvalue weighted by atomic mass is 9.76. The second-order valence-electron chi connectivity index (χ2n) is 6.32. The van der Waals surface area contributed by atoms with Crippen LogP contribution in [-0.2, 0) is 0 Å². The van der Waals surface area contributed by atoms with Crippen LogP contribution in [0, 0.1) is 11.8 Å². The summed E-state index contributed by atoms with van der Waals surface area (Å²) in [6.45, 7) is 12.3. The third-order valence-corrected chi connectivity index (χ3v) is 4.72. The van der Waals surface area contributed by atoms with E-state index >= 15 is 0 Å². The lowest BCUT2D eigenvalue weighted by molar-refractivity contribution is 0.102. The second-order valence-corrected chi connectivity index (χ2v) is 6.32. The van der Waals surface area contributed by atoms with Gasteiger partial charge in [0.2, 0.25) is 0 Å². The van der Waals surface area contributed by atoms with Crippen LogP contribution in [0.15, 0.2) is 0 Å². The van der Waals surface area contributed by atoms with Crippen LogP contribution in [-0.4, -0.2) is 48.3 Å². The van der Waals surface area contributed by atoms with Crippen molar-refractivity contribution in [1.82, 2.24) is 10.2 Å². The molecule has 0 radical (unpaired) electrons. The lowest BCUT2D eigenvalue weighted by Gasteiger charge is -2.40. The molecule has 3 atom stereocenters. The van der Waals surface area contributed by atoms with Gasteiger partial charge < -0.3 is 10.4 Å². The summed E-state index contributed by atoms with van der Waals surface area (Å²) in [6, 6.07) is 1.20. The van der Waals surface area contributed by atoms with E-state index in [0.717, 1.165) is 31.5 Å². The van der Waals surface area contributed by atoms with Crippen molar-refractivity contribution in [2.24, 2.45) is 11.8 Å². The van der Waals surface area contributed by atoms with Crippen LogP contribution in [0.4, 0.5) is 0 Å². The molecule has 1 aliphatic carbocycles. The average Bonchev–Trinajstić information content (AvgIpc) is 2.40. The number of hydrogen-bond donors (Lipinski definition) is 2. The predicted molar refractivity (Wildman–Crippen MR) is 82.4 cm³/mol. The van der Waals surface area contributed by atoms with Gasteiger partial charge >= 0.3 is 0 Å². The maximum Gasteiger partial charge on any atom is 0.0558 e. The summed E-state index contributed by atoms with van der Waals surface area (Å²) in [5.74, 6) is 1.65. The van der Waals surface area contributed by atoms with Crippen molar-refractivity contribution in [3.63, 3.8) is 0 Å². The van der Waals surface area contributed by atoms with Crippen LogP contribution in [0.2, 0.25) is 0 Å². The Labute approximate surface area is 119 Å². The van der Waals surface area contributed by atoms with Gasteiger partial charge in [-0.2, -0.15) is 0 Å². The number of aliphatic hydroxyl groups excluding tert-OH is 1. The quantitative estimate of drug-likeness (QED) is 0.711. The van der Waals surface area contributed by atoms with Crippen LogP contribution < -0.4 is 5.32 Å². The summed E-state index contributed by atoms with van der Waals surface area (Å²) in [7, 11) is 0. The smallest absolute Gasteiger partial charge is 0.0558 e. The molecule has 1 rings (SSSR count). The number of rotatable bonds is 8. The summed E-state index contributed by atoms with van der Waals surface area (Å²) < 4.78 is 0. The van der Waals surface area contributed by atoms with Gasteiger partial charge in [0.25, 0.3) is 0 Å². The molecule has 0 aromatic heterocycles. The fourth-order valence-corrected chi connectivity index (χ4v) is 3.45. The van der Waals surface area contributed by atoms with E-state index in [-0.39, 0.29) is 6.61 Å². The minimum atomic E-state index is 0.272. The minimum Gasteiger partial charge on any atom is -0.395 e. The van der Waals surface area contributed by atoms with Crippen molar-refractivity contribution in [3.8, 4) is 0 Å². The highest BCUT2D eigenvalue weighted by molar-refractivity contribution is 4.86. The van der Waals surface area contributed by atoms with Crippen molar-refractivity contribution in [2.45, 2.75) is 65.5 Å².